The van der Waals surface area contributed by atoms with E-state index < -0.39 is 21.5 Å². The maximum Gasteiger partial charge on any atom is 0.169 e. The first-order chi connectivity index (χ1) is 9.37. The monoisotopic (exact) mass is 369 g/mol. The molecule has 1 fully saturated rings. The summed E-state index contributed by atoms with van der Waals surface area (Å²) in [6.45, 7) is 0.557. The van der Waals surface area contributed by atoms with E-state index in [0.29, 0.717) is 13.0 Å². The molecule has 1 aromatic carbocycles. The molecule has 112 valence electrons. The molecule has 1 unspecified atom stereocenters. The van der Waals surface area contributed by atoms with E-state index in [-0.39, 0.29) is 34.4 Å². The van der Waals surface area contributed by atoms with Gasteiger partial charge in [-0.05, 0) is 28.4 Å². The van der Waals surface area contributed by atoms with E-state index >= 15 is 0 Å². The van der Waals surface area contributed by atoms with E-state index in [9.17, 15) is 17.2 Å². The summed E-state index contributed by atoms with van der Waals surface area (Å²) in [7, 11) is -2.92. The number of hydrogen-bond donors (Lipinski definition) is 1. The van der Waals surface area contributed by atoms with Crippen LogP contribution in [0.1, 0.15) is 6.42 Å². The van der Waals surface area contributed by atoms with Crippen molar-refractivity contribution in [1.82, 2.24) is 5.32 Å². The Morgan fingerprint density at radius 2 is 2.15 bits per heavy atom. The van der Waals surface area contributed by atoms with Crippen molar-refractivity contribution in [3.8, 4) is 5.75 Å². The average molecular weight is 370 g/mol. The molecule has 2 rings (SSSR count). The molecule has 1 atom stereocenters. The smallest absolute Gasteiger partial charge is 0.169 e. The largest absolute Gasteiger partial charge is 0.488 e. The third-order valence-electron chi connectivity index (χ3n) is 2.98. The fraction of sp³-hybridized carbons (Fsp3) is 0.500. The molecular formula is C12H14BrF2NO3S. The number of rotatable bonds is 5. The quantitative estimate of drug-likeness (QED) is 0.805. The van der Waals surface area contributed by atoms with Crippen molar-refractivity contribution in [3.05, 3.63) is 28.2 Å². The molecule has 4 nitrogen and oxygen atoms in total. The lowest BCUT2D eigenvalue weighted by molar-refractivity contribution is 0.290. The van der Waals surface area contributed by atoms with Crippen molar-refractivity contribution in [2.75, 3.05) is 24.7 Å². The summed E-state index contributed by atoms with van der Waals surface area (Å²) in [5.74, 6) is -1.19. The van der Waals surface area contributed by atoms with Crippen molar-refractivity contribution in [3.63, 3.8) is 0 Å². The molecule has 1 N–H and O–H groups in total. The Bertz CT molecular complexity index is 571. The lowest BCUT2D eigenvalue weighted by Gasteiger charge is -2.12. The number of ether oxygens (including phenoxy) is 1. The Morgan fingerprint density at radius 1 is 1.40 bits per heavy atom. The van der Waals surface area contributed by atoms with Crippen LogP contribution in [0.15, 0.2) is 16.6 Å². The zero-order valence-corrected chi connectivity index (χ0v) is 12.9. The van der Waals surface area contributed by atoms with Gasteiger partial charge in [-0.1, -0.05) is 0 Å². The lowest BCUT2D eigenvalue weighted by Crippen LogP contribution is -2.33. The highest BCUT2D eigenvalue weighted by Gasteiger charge is 2.27. The Kier molecular flexibility index (Phi) is 4.98. The molecule has 0 aromatic heterocycles. The Labute approximate surface area is 124 Å². The summed E-state index contributed by atoms with van der Waals surface area (Å²) < 4.78 is 54.3. The van der Waals surface area contributed by atoms with Gasteiger partial charge in [0, 0.05) is 18.7 Å². The Morgan fingerprint density at radius 3 is 2.75 bits per heavy atom. The fourth-order valence-electron chi connectivity index (χ4n) is 2.04. The number of benzene rings is 1. The topological polar surface area (TPSA) is 55.4 Å². The molecule has 0 radical (unpaired) electrons. The van der Waals surface area contributed by atoms with E-state index in [1.165, 1.54) is 0 Å². The van der Waals surface area contributed by atoms with Crippen LogP contribution in [0, 0.1) is 11.6 Å². The third kappa shape index (κ3) is 4.13. The van der Waals surface area contributed by atoms with Crippen LogP contribution >= 0.6 is 15.9 Å². The predicted octanol–water partition coefficient (Wildman–Crippen LogP) is 1.88. The molecule has 1 heterocycles. The van der Waals surface area contributed by atoms with Crippen LogP contribution in [-0.4, -0.2) is 39.1 Å². The van der Waals surface area contributed by atoms with Gasteiger partial charge in [0.25, 0.3) is 0 Å². The van der Waals surface area contributed by atoms with E-state index in [1.807, 2.05) is 0 Å². The molecule has 0 spiro atoms. The van der Waals surface area contributed by atoms with E-state index in [1.54, 1.807) is 0 Å². The predicted molar refractivity (Wildman–Crippen MR) is 74.6 cm³/mol. The molecule has 0 aliphatic carbocycles. The van der Waals surface area contributed by atoms with Gasteiger partial charge in [-0.2, -0.15) is 0 Å². The van der Waals surface area contributed by atoms with Gasteiger partial charge in [0.15, 0.2) is 21.4 Å². The number of halogens is 3. The highest BCUT2D eigenvalue weighted by molar-refractivity contribution is 9.10. The Balaban J connectivity index is 1.80. The van der Waals surface area contributed by atoms with Gasteiger partial charge < -0.3 is 10.1 Å². The van der Waals surface area contributed by atoms with Gasteiger partial charge in [-0.15, -0.1) is 0 Å². The number of nitrogens with one attached hydrogen (secondary N) is 1. The SMILES string of the molecule is O=S1(=O)CCC(NCCOc2c(F)cc(F)cc2Br)C1. The van der Waals surface area contributed by atoms with Gasteiger partial charge in [0.05, 0.1) is 16.0 Å². The summed E-state index contributed by atoms with van der Waals surface area (Å²) in [6, 6.07) is 1.79. The van der Waals surface area contributed by atoms with E-state index in [2.05, 4.69) is 21.2 Å². The zero-order valence-electron chi connectivity index (χ0n) is 10.5. The first-order valence-corrected chi connectivity index (χ1v) is 8.70. The van der Waals surface area contributed by atoms with Crippen LogP contribution in [-0.2, 0) is 9.84 Å². The molecule has 0 bridgehead atoms. The van der Waals surface area contributed by atoms with Gasteiger partial charge >= 0.3 is 0 Å². The first-order valence-electron chi connectivity index (χ1n) is 6.08. The van der Waals surface area contributed by atoms with Gasteiger partial charge in [-0.3, -0.25) is 0 Å². The standard InChI is InChI=1S/C12H14BrF2NO3S/c13-10-5-8(14)6-11(15)12(10)19-3-2-16-9-1-4-20(17,18)7-9/h5-6,9,16H,1-4,7H2. The molecule has 8 heteroatoms. The molecule has 20 heavy (non-hydrogen) atoms. The average Bonchev–Trinajstić information content (AvgIpc) is 2.66. The van der Waals surface area contributed by atoms with Crippen LogP contribution in [0.4, 0.5) is 8.78 Å². The summed E-state index contributed by atoms with van der Waals surface area (Å²) in [5.41, 5.74) is 0. The lowest BCUT2D eigenvalue weighted by atomic mass is 10.3. The summed E-state index contributed by atoms with van der Waals surface area (Å²) in [5, 5.41) is 3.04. The second-order valence-electron chi connectivity index (χ2n) is 4.60. The van der Waals surface area contributed by atoms with Gasteiger partial charge in [0.1, 0.15) is 12.4 Å². The molecule has 1 aromatic rings. The highest BCUT2D eigenvalue weighted by Crippen LogP contribution is 2.29. The first kappa shape index (κ1) is 15.7. The van der Waals surface area contributed by atoms with Crippen molar-refractivity contribution in [2.24, 2.45) is 0 Å². The third-order valence-corrected chi connectivity index (χ3v) is 5.33. The Hall–Kier alpha value is -0.730. The van der Waals surface area contributed by atoms with Crippen molar-refractivity contribution >= 4 is 25.8 Å². The highest BCUT2D eigenvalue weighted by atomic mass is 79.9. The maximum absolute atomic E-state index is 13.4. The van der Waals surface area contributed by atoms with Crippen LogP contribution in [0.25, 0.3) is 0 Å². The van der Waals surface area contributed by atoms with Crippen LogP contribution in [0.2, 0.25) is 0 Å². The second-order valence-corrected chi connectivity index (χ2v) is 7.68. The maximum atomic E-state index is 13.4. The minimum Gasteiger partial charge on any atom is -0.488 e. The van der Waals surface area contributed by atoms with Crippen LogP contribution < -0.4 is 10.1 Å². The van der Waals surface area contributed by atoms with Crippen LogP contribution in [0.3, 0.4) is 0 Å². The molecule has 0 amide bonds. The number of sulfone groups is 1. The van der Waals surface area contributed by atoms with Crippen LogP contribution in [0.5, 0.6) is 5.75 Å². The summed E-state index contributed by atoms with van der Waals surface area (Å²) in [6.07, 6.45) is 0.580. The fourth-order valence-corrected chi connectivity index (χ4v) is 4.27. The molecule has 1 aliphatic rings. The zero-order chi connectivity index (χ0) is 14.8. The normalized spacial score (nSPS) is 21.1. The van der Waals surface area contributed by atoms with E-state index in [4.69, 9.17) is 4.74 Å². The summed E-state index contributed by atoms with van der Waals surface area (Å²) >= 11 is 3.03. The number of hydrogen-bond acceptors (Lipinski definition) is 4. The minimum atomic E-state index is -2.92. The molecule has 1 saturated heterocycles. The molecule has 0 saturated carbocycles. The van der Waals surface area contributed by atoms with Crippen molar-refractivity contribution in [2.45, 2.75) is 12.5 Å². The summed E-state index contributed by atoms with van der Waals surface area (Å²) in [4.78, 5) is 0. The van der Waals surface area contributed by atoms with Crippen molar-refractivity contribution in [1.29, 1.82) is 0 Å². The van der Waals surface area contributed by atoms with E-state index in [0.717, 1.165) is 12.1 Å². The van der Waals surface area contributed by atoms with Gasteiger partial charge in [-0.25, -0.2) is 17.2 Å². The van der Waals surface area contributed by atoms with Gasteiger partial charge in [0.2, 0.25) is 0 Å². The molecular weight excluding hydrogens is 356 g/mol. The second kappa shape index (κ2) is 6.36. The minimum absolute atomic E-state index is 0.0488. The molecule has 1 aliphatic heterocycles. The van der Waals surface area contributed by atoms with Crippen molar-refractivity contribution < 1.29 is 21.9 Å².